The second kappa shape index (κ2) is 9.00. The summed E-state index contributed by atoms with van der Waals surface area (Å²) in [6.45, 7) is 5.42. The summed E-state index contributed by atoms with van der Waals surface area (Å²) < 4.78 is 1.53. The van der Waals surface area contributed by atoms with E-state index in [4.69, 9.17) is 11.6 Å². The third-order valence-electron chi connectivity index (χ3n) is 5.40. The van der Waals surface area contributed by atoms with Gasteiger partial charge in [0.1, 0.15) is 12.2 Å². The van der Waals surface area contributed by atoms with Gasteiger partial charge in [-0.2, -0.15) is 0 Å². The lowest BCUT2D eigenvalue weighted by Gasteiger charge is -2.14. The summed E-state index contributed by atoms with van der Waals surface area (Å²) in [5.41, 5.74) is 3.34. The van der Waals surface area contributed by atoms with Crippen LogP contribution in [-0.2, 0) is 11.3 Å². The van der Waals surface area contributed by atoms with E-state index in [-0.39, 0.29) is 23.4 Å². The first-order chi connectivity index (χ1) is 15.7. The third kappa shape index (κ3) is 4.56. The highest BCUT2D eigenvalue weighted by molar-refractivity contribution is 6.34. The van der Waals surface area contributed by atoms with Crippen LogP contribution in [0.5, 0.6) is 0 Å². The molecule has 1 amide bonds. The van der Waals surface area contributed by atoms with Crippen molar-refractivity contribution in [2.45, 2.75) is 27.3 Å². The molecule has 0 aliphatic carbocycles. The number of aryl methyl sites for hydroxylation is 3. The van der Waals surface area contributed by atoms with Crippen molar-refractivity contribution in [1.82, 2.24) is 9.55 Å². The Labute approximate surface area is 195 Å². The first-order valence-electron chi connectivity index (χ1n) is 10.4. The van der Waals surface area contributed by atoms with Crippen molar-refractivity contribution in [2.24, 2.45) is 0 Å². The van der Waals surface area contributed by atoms with E-state index in [1.165, 1.54) is 10.8 Å². The monoisotopic (exact) mass is 459 g/mol. The van der Waals surface area contributed by atoms with Gasteiger partial charge < -0.3 is 9.88 Å². The molecule has 0 bridgehead atoms. The molecule has 0 aliphatic heterocycles. The zero-order valence-electron chi connectivity index (χ0n) is 18.5. The van der Waals surface area contributed by atoms with Crippen molar-refractivity contribution in [1.29, 1.82) is 0 Å². The van der Waals surface area contributed by atoms with E-state index in [1.54, 1.807) is 43.3 Å². The van der Waals surface area contributed by atoms with Crippen molar-refractivity contribution in [3.05, 3.63) is 104 Å². The quantitative estimate of drug-likeness (QED) is 0.433. The van der Waals surface area contributed by atoms with Crippen LogP contribution < -0.4 is 10.7 Å². The molecule has 0 saturated carbocycles. The Hall–Kier alpha value is -3.77. The standard InChI is InChI=1S/C26H22ClN3O3/c1-15-7-10-18(11-8-15)24(32)20-13-30(26-19(25(20)33)12-9-17(3)28-26)14-22(31)29-21-6-4-5-16(2)23(21)27/h4-13H,14H2,1-3H3,(H,29,31). The van der Waals surface area contributed by atoms with E-state index in [0.29, 0.717) is 27.6 Å². The minimum absolute atomic E-state index is 0.0154. The van der Waals surface area contributed by atoms with Gasteiger partial charge in [-0.15, -0.1) is 0 Å². The molecular formula is C26H22ClN3O3. The molecule has 2 aromatic carbocycles. The number of hydrogen-bond donors (Lipinski definition) is 1. The fourth-order valence-electron chi connectivity index (χ4n) is 3.59. The number of aromatic nitrogens is 2. The van der Waals surface area contributed by atoms with Gasteiger partial charge in [0.25, 0.3) is 0 Å². The van der Waals surface area contributed by atoms with Crippen LogP contribution in [0.1, 0.15) is 32.7 Å². The largest absolute Gasteiger partial charge is 0.323 e. The number of ketones is 1. The van der Waals surface area contributed by atoms with Gasteiger partial charge in [-0.25, -0.2) is 4.98 Å². The third-order valence-corrected chi connectivity index (χ3v) is 5.90. The van der Waals surface area contributed by atoms with Crippen molar-refractivity contribution < 1.29 is 9.59 Å². The first-order valence-corrected chi connectivity index (χ1v) is 10.8. The number of fused-ring (bicyclic) bond motifs is 1. The van der Waals surface area contributed by atoms with Crippen molar-refractivity contribution in [3.8, 4) is 0 Å². The fourth-order valence-corrected chi connectivity index (χ4v) is 3.76. The molecule has 0 unspecified atom stereocenters. The average Bonchev–Trinajstić information content (AvgIpc) is 2.79. The Morgan fingerprint density at radius 2 is 1.73 bits per heavy atom. The molecule has 33 heavy (non-hydrogen) atoms. The molecule has 2 heterocycles. The average molecular weight is 460 g/mol. The number of pyridine rings is 2. The molecule has 0 saturated heterocycles. The van der Waals surface area contributed by atoms with Crippen molar-refractivity contribution in [3.63, 3.8) is 0 Å². The van der Waals surface area contributed by atoms with Crippen LogP contribution in [0.4, 0.5) is 5.69 Å². The minimum atomic E-state index is -0.415. The van der Waals surface area contributed by atoms with Gasteiger partial charge >= 0.3 is 0 Å². The minimum Gasteiger partial charge on any atom is -0.323 e. The van der Waals surface area contributed by atoms with Gasteiger partial charge in [0.15, 0.2) is 5.78 Å². The summed E-state index contributed by atoms with van der Waals surface area (Å²) in [7, 11) is 0. The van der Waals surface area contributed by atoms with Crippen molar-refractivity contribution in [2.75, 3.05) is 5.32 Å². The molecule has 7 heteroatoms. The van der Waals surface area contributed by atoms with Gasteiger partial charge in [-0.3, -0.25) is 14.4 Å². The van der Waals surface area contributed by atoms with E-state index in [9.17, 15) is 14.4 Å². The van der Waals surface area contributed by atoms with Gasteiger partial charge in [-0.05, 0) is 44.5 Å². The number of carbonyl (C=O) groups is 2. The van der Waals surface area contributed by atoms with Crippen LogP contribution in [-0.4, -0.2) is 21.2 Å². The molecule has 4 aromatic rings. The number of anilines is 1. The summed E-state index contributed by atoms with van der Waals surface area (Å²) >= 11 is 6.30. The lowest BCUT2D eigenvalue weighted by atomic mass is 10.0. The van der Waals surface area contributed by atoms with Crippen LogP contribution in [0.25, 0.3) is 11.0 Å². The molecule has 0 radical (unpaired) electrons. The topological polar surface area (TPSA) is 81.1 Å². The number of amides is 1. The molecule has 1 N–H and O–H groups in total. The van der Waals surface area contributed by atoms with Crippen LogP contribution in [0, 0.1) is 20.8 Å². The highest BCUT2D eigenvalue weighted by Crippen LogP contribution is 2.25. The normalized spacial score (nSPS) is 10.9. The highest BCUT2D eigenvalue weighted by atomic mass is 35.5. The molecule has 0 spiro atoms. The summed E-state index contributed by atoms with van der Waals surface area (Å²) in [4.78, 5) is 43.6. The fraction of sp³-hybridized carbons (Fsp3) is 0.154. The zero-order valence-corrected chi connectivity index (χ0v) is 19.2. The SMILES string of the molecule is Cc1ccc(C(=O)c2cn(CC(=O)Nc3cccc(C)c3Cl)c3nc(C)ccc3c2=O)cc1. The number of rotatable bonds is 5. The van der Waals surface area contributed by atoms with Gasteiger partial charge in [-0.1, -0.05) is 53.6 Å². The van der Waals surface area contributed by atoms with E-state index >= 15 is 0 Å². The Morgan fingerprint density at radius 1 is 1.00 bits per heavy atom. The summed E-state index contributed by atoms with van der Waals surface area (Å²) in [5.74, 6) is -0.761. The van der Waals surface area contributed by atoms with Gasteiger partial charge in [0.05, 0.1) is 21.7 Å². The molecule has 6 nitrogen and oxygen atoms in total. The molecular weight excluding hydrogens is 438 g/mol. The smallest absolute Gasteiger partial charge is 0.244 e. The maximum absolute atomic E-state index is 13.1. The van der Waals surface area contributed by atoms with Crippen LogP contribution in [0.15, 0.2) is 65.6 Å². The summed E-state index contributed by atoms with van der Waals surface area (Å²) in [6.07, 6.45) is 1.41. The van der Waals surface area contributed by atoms with Crippen LogP contribution in [0.3, 0.4) is 0 Å². The first kappa shape index (κ1) is 22.4. The number of nitrogens with one attached hydrogen (secondary N) is 1. The number of hydrogen-bond acceptors (Lipinski definition) is 4. The lowest BCUT2D eigenvalue weighted by Crippen LogP contribution is -2.25. The molecule has 0 aliphatic rings. The number of halogens is 1. The number of carbonyl (C=O) groups excluding carboxylic acids is 2. The second-order valence-electron chi connectivity index (χ2n) is 8.00. The van der Waals surface area contributed by atoms with Gasteiger partial charge in [0, 0.05) is 17.5 Å². The Morgan fingerprint density at radius 3 is 2.45 bits per heavy atom. The molecule has 166 valence electrons. The maximum atomic E-state index is 13.1. The van der Waals surface area contributed by atoms with Gasteiger partial charge in [0.2, 0.25) is 11.3 Å². The Balaban J connectivity index is 1.77. The lowest BCUT2D eigenvalue weighted by molar-refractivity contribution is -0.116. The van der Waals surface area contributed by atoms with E-state index in [1.807, 2.05) is 32.0 Å². The molecule has 0 atom stereocenters. The predicted octanol–water partition coefficient (Wildman–Crippen LogP) is 4.84. The molecule has 2 aromatic heterocycles. The van der Waals surface area contributed by atoms with Crippen LogP contribution in [0.2, 0.25) is 5.02 Å². The molecule has 0 fully saturated rings. The number of benzene rings is 2. The van der Waals surface area contributed by atoms with E-state index in [0.717, 1.165) is 11.1 Å². The Bertz CT molecular complexity index is 1460. The van der Waals surface area contributed by atoms with Crippen LogP contribution >= 0.6 is 11.6 Å². The maximum Gasteiger partial charge on any atom is 0.244 e. The highest BCUT2D eigenvalue weighted by Gasteiger charge is 2.19. The van der Waals surface area contributed by atoms with E-state index < -0.39 is 11.2 Å². The zero-order chi connectivity index (χ0) is 23.7. The van der Waals surface area contributed by atoms with Crippen molar-refractivity contribution >= 4 is 40.0 Å². The second-order valence-corrected chi connectivity index (χ2v) is 8.38. The number of nitrogens with zero attached hydrogens (tertiary/aromatic N) is 2. The predicted molar refractivity (Wildman–Crippen MR) is 130 cm³/mol. The molecule has 4 rings (SSSR count). The summed E-state index contributed by atoms with van der Waals surface area (Å²) in [6, 6.07) is 15.7. The Kier molecular flexibility index (Phi) is 6.11. The summed E-state index contributed by atoms with van der Waals surface area (Å²) in [5, 5.41) is 3.53. The van der Waals surface area contributed by atoms with E-state index in [2.05, 4.69) is 10.3 Å².